The van der Waals surface area contributed by atoms with Gasteiger partial charge in [-0.25, -0.2) is 4.79 Å². The van der Waals surface area contributed by atoms with Crippen molar-refractivity contribution in [1.29, 1.82) is 0 Å². The Morgan fingerprint density at radius 1 is 0.935 bits per heavy atom. The summed E-state index contributed by atoms with van der Waals surface area (Å²) >= 11 is 0. The van der Waals surface area contributed by atoms with Crippen LogP contribution in [0.3, 0.4) is 0 Å². The Hall–Kier alpha value is -3.60. The van der Waals surface area contributed by atoms with Crippen LogP contribution in [0.4, 0.5) is 16.2 Å². The van der Waals surface area contributed by atoms with Crippen molar-refractivity contribution in [2.75, 3.05) is 23.3 Å². The molecule has 1 heterocycles. The molecule has 1 aliphatic rings. The van der Waals surface area contributed by atoms with Gasteiger partial charge < -0.3 is 15.5 Å². The van der Waals surface area contributed by atoms with Crippen LogP contribution in [-0.4, -0.2) is 25.0 Å². The fourth-order valence-corrected chi connectivity index (χ4v) is 4.21. The number of carbonyl (C=O) groups is 2. The van der Waals surface area contributed by atoms with Gasteiger partial charge in [-0.15, -0.1) is 0 Å². The van der Waals surface area contributed by atoms with Gasteiger partial charge in [-0.1, -0.05) is 60.7 Å². The van der Waals surface area contributed by atoms with E-state index in [1.165, 1.54) is 11.1 Å². The summed E-state index contributed by atoms with van der Waals surface area (Å²) in [6.45, 7) is 2.83. The van der Waals surface area contributed by atoms with Crippen LogP contribution in [0, 0.1) is 0 Å². The highest BCUT2D eigenvalue weighted by molar-refractivity contribution is 5.95. The molecule has 0 bridgehead atoms. The van der Waals surface area contributed by atoms with Gasteiger partial charge in [0.25, 0.3) is 0 Å². The fourth-order valence-electron chi connectivity index (χ4n) is 4.21. The van der Waals surface area contributed by atoms with Gasteiger partial charge in [0.1, 0.15) is 0 Å². The number of nitrogens with zero attached hydrogens (tertiary/aromatic N) is 1. The van der Waals surface area contributed by atoms with Crippen molar-refractivity contribution in [3.05, 3.63) is 95.6 Å². The second-order valence-corrected chi connectivity index (χ2v) is 7.81. The zero-order valence-corrected chi connectivity index (χ0v) is 17.7. The maximum Gasteiger partial charge on any atom is 0.319 e. The van der Waals surface area contributed by atoms with Crippen LogP contribution in [0.25, 0.3) is 0 Å². The molecule has 5 heteroatoms. The van der Waals surface area contributed by atoms with Gasteiger partial charge in [-0.05, 0) is 47.7 Å². The number of rotatable bonds is 6. The highest BCUT2D eigenvalue weighted by Crippen LogP contribution is 2.30. The quantitative estimate of drug-likeness (QED) is 0.601. The highest BCUT2D eigenvalue weighted by atomic mass is 16.2. The van der Waals surface area contributed by atoms with Gasteiger partial charge in [-0.2, -0.15) is 0 Å². The smallest absolute Gasteiger partial charge is 0.319 e. The number of urea groups is 1. The van der Waals surface area contributed by atoms with Crippen LogP contribution in [0.15, 0.2) is 78.9 Å². The van der Waals surface area contributed by atoms with Crippen molar-refractivity contribution in [3.8, 4) is 0 Å². The van der Waals surface area contributed by atoms with E-state index < -0.39 is 0 Å². The summed E-state index contributed by atoms with van der Waals surface area (Å²) in [5.41, 5.74) is 5.24. The molecule has 0 saturated heterocycles. The maximum absolute atomic E-state index is 12.5. The number of fused-ring (bicyclic) bond motifs is 1. The first-order valence-corrected chi connectivity index (χ1v) is 10.7. The molecule has 3 aromatic rings. The average Bonchev–Trinajstić information content (AvgIpc) is 3.21. The molecule has 0 saturated carbocycles. The number of amides is 3. The van der Waals surface area contributed by atoms with Crippen molar-refractivity contribution < 1.29 is 9.59 Å². The largest absolute Gasteiger partial charge is 0.338 e. The maximum atomic E-state index is 12.5. The van der Waals surface area contributed by atoms with E-state index in [2.05, 4.69) is 34.9 Å². The van der Waals surface area contributed by atoms with Gasteiger partial charge in [0.05, 0.1) is 0 Å². The Balaban J connectivity index is 1.36. The Kier molecular flexibility index (Phi) is 6.32. The van der Waals surface area contributed by atoms with Crippen LogP contribution in [0.5, 0.6) is 0 Å². The van der Waals surface area contributed by atoms with E-state index >= 15 is 0 Å². The van der Waals surface area contributed by atoms with E-state index in [4.69, 9.17) is 0 Å². The first kappa shape index (κ1) is 20.7. The lowest BCUT2D eigenvalue weighted by Crippen LogP contribution is -2.30. The lowest BCUT2D eigenvalue weighted by atomic mass is 9.88. The summed E-state index contributed by atoms with van der Waals surface area (Å²) in [6.07, 6.45) is 1.61. The summed E-state index contributed by atoms with van der Waals surface area (Å²) in [7, 11) is 0. The number of nitrogens with one attached hydrogen (secondary N) is 2. The Labute approximate surface area is 183 Å². The summed E-state index contributed by atoms with van der Waals surface area (Å²) in [6, 6.07) is 26.2. The van der Waals surface area contributed by atoms with Crippen LogP contribution in [0.1, 0.15) is 36.0 Å². The van der Waals surface area contributed by atoms with Crippen molar-refractivity contribution in [2.24, 2.45) is 0 Å². The van der Waals surface area contributed by atoms with E-state index in [0.717, 1.165) is 29.8 Å². The third-order valence-electron chi connectivity index (χ3n) is 5.74. The summed E-state index contributed by atoms with van der Waals surface area (Å²) in [4.78, 5) is 25.9. The summed E-state index contributed by atoms with van der Waals surface area (Å²) in [5.74, 6) is 0.267. The zero-order valence-electron chi connectivity index (χ0n) is 17.7. The molecule has 4 rings (SSSR count). The third kappa shape index (κ3) is 4.94. The normalized spacial score (nSPS) is 12.5. The Morgan fingerprint density at radius 2 is 1.58 bits per heavy atom. The summed E-state index contributed by atoms with van der Waals surface area (Å²) in [5, 5.41) is 5.90. The fraction of sp³-hybridized carbons (Fsp3) is 0.231. The monoisotopic (exact) mass is 413 g/mol. The van der Waals surface area contributed by atoms with E-state index in [1.54, 1.807) is 11.8 Å². The molecule has 5 nitrogen and oxygen atoms in total. The van der Waals surface area contributed by atoms with Crippen LogP contribution in [0.2, 0.25) is 0 Å². The number of benzene rings is 3. The molecule has 0 atom stereocenters. The predicted octanol–water partition coefficient (Wildman–Crippen LogP) is 4.94. The third-order valence-corrected chi connectivity index (χ3v) is 5.74. The molecule has 0 radical (unpaired) electrons. The highest BCUT2D eigenvalue weighted by Gasteiger charge is 2.22. The molecule has 3 aromatic carbocycles. The second kappa shape index (κ2) is 9.47. The van der Waals surface area contributed by atoms with Gasteiger partial charge >= 0.3 is 6.03 Å². The SMILES string of the molecule is CC(=O)N1CCc2cc(NC(=O)NCCC(c3ccccc3)c3ccccc3)ccc21. The molecule has 158 valence electrons. The Bertz CT molecular complexity index is 1010. The molecule has 0 aliphatic carbocycles. The first-order valence-electron chi connectivity index (χ1n) is 10.7. The zero-order chi connectivity index (χ0) is 21.6. The van der Waals surface area contributed by atoms with Gasteiger partial charge in [0.2, 0.25) is 5.91 Å². The molecule has 2 N–H and O–H groups in total. The molecule has 0 fully saturated rings. The molecule has 31 heavy (non-hydrogen) atoms. The van der Waals surface area contributed by atoms with Crippen molar-refractivity contribution in [2.45, 2.75) is 25.7 Å². The minimum absolute atomic E-state index is 0.0450. The molecule has 0 spiro atoms. The van der Waals surface area contributed by atoms with E-state index in [0.29, 0.717) is 13.1 Å². The van der Waals surface area contributed by atoms with Gasteiger partial charge in [-0.3, -0.25) is 4.79 Å². The van der Waals surface area contributed by atoms with Gasteiger partial charge in [0.15, 0.2) is 0 Å². The van der Waals surface area contributed by atoms with E-state index in [1.807, 2.05) is 54.6 Å². The van der Waals surface area contributed by atoms with Crippen LogP contribution in [-0.2, 0) is 11.2 Å². The number of hydrogen-bond donors (Lipinski definition) is 2. The van der Waals surface area contributed by atoms with Crippen LogP contribution < -0.4 is 15.5 Å². The first-order chi connectivity index (χ1) is 15.1. The summed E-state index contributed by atoms with van der Waals surface area (Å²) < 4.78 is 0. The minimum atomic E-state index is -0.221. The van der Waals surface area contributed by atoms with Crippen molar-refractivity contribution in [3.63, 3.8) is 0 Å². The van der Waals surface area contributed by atoms with Crippen molar-refractivity contribution in [1.82, 2.24) is 5.32 Å². The van der Waals surface area contributed by atoms with E-state index in [-0.39, 0.29) is 17.9 Å². The topological polar surface area (TPSA) is 61.4 Å². The average molecular weight is 414 g/mol. The molecule has 0 aromatic heterocycles. The molecular formula is C26H27N3O2. The lowest BCUT2D eigenvalue weighted by molar-refractivity contribution is -0.116. The van der Waals surface area contributed by atoms with Crippen molar-refractivity contribution >= 4 is 23.3 Å². The number of anilines is 2. The Morgan fingerprint density at radius 3 is 2.19 bits per heavy atom. The molecule has 0 unspecified atom stereocenters. The number of carbonyl (C=O) groups excluding carboxylic acids is 2. The molecule has 1 aliphatic heterocycles. The molecular weight excluding hydrogens is 386 g/mol. The van der Waals surface area contributed by atoms with Crippen LogP contribution >= 0.6 is 0 Å². The number of hydrogen-bond acceptors (Lipinski definition) is 2. The standard InChI is InChI=1S/C26H27N3O2/c1-19(30)29-17-15-22-18-23(12-13-25(22)29)28-26(31)27-16-14-24(20-8-4-2-5-9-20)21-10-6-3-7-11-21/h2-13,18,24H,14-17H2,1H3,(H2,27,28,31). The molecule has 3 amide bonds. The van der Waals surface area contributed by atoms with E-state index in [9.17, 15) is 9.59 Å². The second-order valence-electron chi connectivity index (χ2n) is 7.81. The lowest BCUT2D eigenvalue weighted by Gasteiger charge is -2.19. The van der Waals surface area contributed by atoms with Gasteiger partial charge in [0, 0.05) is 37.3 Å². The predicted molar refractivity (Wildman–Crippen MR) is 125 cm³/mol. The minimum Gasteiger partial charge on any atom is -0.338 e.